The zero-order valence-corrected chi connectivity index (χ0v) is 14.9. The quantitative estimate of drug-likeness (QED) is 0.651. The van der Waals surface area contributed by atoms with Crippen LogP contribution in [-0.4, -0.2) is 27.2 Å². The van der Waals surface area contributed by atoms with Crippen LogP contribution in [0.1, 0.15) is 30.0 Å². The number of aliphatic hydroxyl groups excluding tert-OH is 1. The number of hydrogen-bond donors (Lipinski definition) is 3. The molecule has 5 nitrogen and oxygen atoms in total. The first kappa shape index (κ1) is 17.5. The maximum atomic E-state index is 12.6. The summed E-state index contributed by atoms with van der Waals surface area (Å²) in [5.41, 5.74) is 2.45. The SMILES string of the molecule is O=C(Cc1ccccc1O)N[C@H](c1cnc2ccccc2c1)C1CC(O)C1. The van der Waals surface area contributed by atoms with E-state index in [1.54, 1.807) is 30.5 Å². The average Bonchev–Trinajstić information content (AvgIpc) is 2.65. The number of phenols is 1. The van der Waals surface area contributed by atoms with E-state index in [1.807, 2.05) is 24.3 Å². The van der Waals surface area contributed by atoms with E-state index in [0.717, 1.165) is 16.5 Å². The predicted molar refractivity (Wildman–Crippen MR) is 103 cm³/mol. The van der Waals surface area contributed by atoms with E-state index in [1.165, 1.54) is 0 Å². The van der Waals surface area contributed by atoms with Crippen molar-refractivity contribution < 1.29 is 15.0 Å². The van der Waals surface area contributed by atoms with Gasteiger partial charge >= 0.3 is 0 Å². The summed E-state index contributed by atoms with van der Waals surface area (Å²) in [5, 5.41) is 23.8. The molecule has 1 aliphatic rings. The highest BCUT2D eigenvalue weighted by Crippen LogP contribution is 2.38. The molecule has 1 amide bonds. The van der Waals surface area contributed by atoms with Gasteiger partial charge < -0.3 is 15.5 Å². The van der Waals surface area contributed by atoms with Gasteiger partial charge in [-0.05, 0) is 42.5 Å². The maximum Gasteiger partial charge on any atom is 0.225 e. The van der Waals surface area contributed by atoms with Crippen LogP contribution in [0.15, 0.2) is 60.8 Å². The van der Waals surface area contributed by atoms with E-state index in [-0.39, 0.29) is 36.1 Å². The molecule has 2 aromatic carbocycles. The van der Waals surface area contributed by atoms with Gasteiger partial charge in [0.1, 0.15) is 5.75 Å². The number of carbonyl (C=O) groups excluding carboxylic acids is 1. The van der Waals surface area contributed by atoms with E-state index in [9.17, 15) is 15.0 Å². The van der Waals surface area contributed by atoms with Crippen LogP contribution in [0, 0.1) is 5.92 Å². The summed E-state index contributed by atoms with van der Waals surface area (Å²) >= 11 is 0. The van der Waals surface area contributed by atoms with Crippen LogP contribution in [-0.2, 0) is 11.2 Å². The Morgan fingerprint density at radius 1 is 1.15 bits per heavy atom. The van der Waals surface area contributed by atoms with Crippen LogP contribution in [0.25, 0.3) is 10.9 Å². The molecule has 0 aliphatic heterocycles. The summed E-state index contributed by atoms with van der Waals surface area (Å²) < 4.78 is 0. The number of aliphatic hydroxyl groups is 1. The number of pyridine rings is 1. The minimum absolute atomic E-state index is 0.111. The molecular formula is C22H22N2O3. The van der Waals surface area contributed by atoms with Gasteiger partial charge in [0.05, 0.1) is 24.1 Å². The third kappa shape index (κ3) is 3.78. The zero-order chi connectivity index (χ0) is 18.8. The molecule has 1 aliphatic carbocycles. The average molecular weight is 362 g/mol. The van der Waals surface area contributed by atoms with E-state index in [2.05, 4.69) is 16.4 Å². The second-order valence-corrected chi connectivity index (χ2v) is 7.20. The van der Waals surface area contributed by atoms with E-state index >= 15 is 0 Å². The van der Waals surface area contributed by atoms with Crippen LogP contribution >= 0.6 is 0 Å². The number of benzene rings is 2. The standard InChI is InChI=1S/C22H22N2O3/c25-18-10-16(11-18)22(17-9-14-5-1-3-7-19(14)23-13-17)24-21(27)12-15-6-2-4-8-20(15)26/h1-9,13,16,18,22,25-26H,10-12H2,(H,24,27)/t16?,18?,22-/m0/s1. The Bertz CT molecular complexity index is 966. The number of rotatable bonds is 5. The Kier molecular flexibility index (Phi) is 4.77. The Morgan fingerprint density at radius 3 is 2.67 bits per heavy atom. The van der Waals surface area contributed by atoms with Crippen molar-refractivity contribution in [2.24, 2.45) is 5.92 Å². The van der Waals surface area contributed by atoms with E-state index in [4.69, 9.17) is 0 Å². The molecule has 0 spiro atoms. The number of nitrogens with zero attached hydrogens (tertiary/aromatic N) is 1. The summed E-state index contributed by atoms with van der Waals surface area (Å²) in [6.07, 6.45) is 2.93. The van der Waals surface area contributed by atoms with Crippen molar-refractivity contribution in [2.75, 3.05) is 0 Å². The lowest BCUT2D eigenvalue weighted by atomic mass is 9.75. The molecule has 1 atom stereocenters. The number of nitrogens with one attached hydrogen (secondary N) is 1. The number of fused-ring (bicyclic) bond motifs is 1. The molecular weight excluding hydrogens is 340 g/mol. The summed E-state index contributed by atoms with van der Waals surface area (Å²) in [6, 6.07) is 16.6. The second kappa shape index (κ2) is 7.37. The van der Waals surface area contributed by atoms with E-state index in [0.29, 0.717) is 18.4 Å². The van der Waals surface area contributed by atoms with Crippen molar-refractivity contribution in [1.29, 1.82) is 0 Å². The van der Waals surface area contributed by atoms with Crippen molar-refractivity contribution in [3.63, 3.8) is 0 Å². The molecule has 5 heteroatoms. The summed E-state index contributed by atoms with van der Waals surface area (Å²) in [5.74, 6) is 0.142. The van der Waals surface area contributed by atoms with Gasteiger partial charge in [-0.15, -0.1) is 0 Å². The lowest BCUT2D eigenvalue weighted by Gasteiger charge is -2.38. The molecule has 0 saturated heterocycles. The van der Waals surface area contributed by atoms with Gasteiger partial charge in [-0.25, -0.2) is 0 Å². The minimum atomic E-state index is -0.305. The lowest BCUT2D eigenvalue weighted by Crippen LogP contribution is -2.42. The van der Waals surface area contributed by atoms with Crippen molar-refractivity contribution in [2.45, 2.75) is 31.4 Å². The number of hydrogen-bond acceptors (Lipinski definition) is 4. The monoisotopic (exact) mass is 362 g/mol. The van der Waals surface area contributed by atoms with Gasteiger partial charge in [-0.3, -0.25) is 9.78 Å². The highest BCUT2D eigenvalue weighted by atomic mass is 16.3. The van der Waals surface area contributed by atoms with Gasteiger partial charge in [0.25, 0.3) is 0 Å². The summed E-state index contributed by atoms with van der Waals surface area (Å²) in [4.78, 5) is 17.1. The fraction of sp³-hybridized carbons (Fsp3) is 0.273. The topological polar surface area (TPSA) is 82.5 Å². The molecule has 3 aromatic rings. The number of para-hydroxylation sites is 2. The molecule has 138 valence electrons. The lowest BCUT2D eigenvalue weighted by molar-refractivity contribution is -0.122. The van der Waals surface area contributed by atoms with Gasteiger partial charge in [-0.1, -0.05) is 36.4 Å². The van der Waals surface area contributed by atoms with Gasteiger partial charge in [0.2, 0.25) is 5.91 Å². The van der Waals surface area contributed by atoms with Crippen LogP contribution in [0.5, 0.6) is 5.75 Å². The van der Waals surface area contributed by atoms with Gasteiger partial charge in [0.15, 0.2) is 0 Å². The normalized spacial score (nSPS) is 20.0. The Hall–Kier alpha value is -2.92. The fourth-order valence-electron chi connectivity index (χ4n) is 3.69. The molecule has 4 rings (SSSR count). The molecule has 1 aromatic heterocycles. The molecule has 0 unspecified atom stereocenters. The van der Waals surface area contributed by atoms with Crippen LogP contribution < -0.4 is 5.32 Å². The number of amides is 1. The van der Waals surface area contributed by atoms with Gasteiger partial charge in [0, 0.05) is 17.1 Å². The van der Waals surface area contributed by atoms with Crippen LogP contribution in [0.3, 0.4) is 0 Å². The van der Waals surface area contributed by atoms with Crippen molar-refractivity contribution in [3.05, 3.63) is 71.9 Å². The molecule has 27 heavy (non-hydrogen) atoms. The molecule has 1 saturated carbocycles. The van der Waals surface area contributed by atoms with Crippen molar-refractivity contribution >= 4 is 16.8 Å². The number of aromatic nitrogens is 1. The molecule has 0 radical (unpaired) electrons. The smallest absolute Gasteiger partial charge is 0.225 e. The van der Waals surface area contributed by atoms with Crippen LogP contribution in [0.2, 0.25) is 0 Å². The first-order valence-electron chi connectivity index (χ1n) is 9.19. The molecule has 1 heterocycles. The Morgan fingerprint density at radius 2 is 1.89 bits per heavy atom. The maximum absolute atomic E-state index is 12.6. The fourth-order valence-corrected chi connectivity index (χ4v) is 3.69. The largest absolute Gasteiger partial charge is 0.508 e. The second-order valence-electron chi connectivity index (χ2n) is 7.20. The number of aromatic hydroxyl groups is 1. The summed E-state index contributed by atoms with van der Waals surface area (Å²) in [7, 11) is 0. The third-order valence-corrected chi connectivity index (χ3v) is 5.25. The minimum Gasteiger partial charge on any atom is -0.508 e. The Labute approximate surface area is 157 Å². The first-order chi connectivity index (χ1) is 13.1. The van der Waals surface area contributed by atoms with Gasteiger partial charge in [-0.2, -0.15) is 0 Å². The molecule has 1 fully saturated rings. The predicted octanol–water partition coefficient (Wildman–Crippen LogP) is 3.11. The van der Waals surface area contributed by atoms with Crippen molar-refractivity contribution in [3.8, 4) is 5.75 Å². The molecule has 3 N–H and O–H groups in total. The highest BCUT2D eigenvalue weighted by Gasteiger charge is 2.36. The highest BCUT2D eigenvalue weighted by molar-refractivity contribution is 5.81. The van der Waals surface area contributed by atoms with Crippen molar-refractivity contribution in [1.82, 2.24) is 10.3 Å². The van der Waals surface area contributed by atoms with Crippen LogP contribution in [0.4, 0.5) is 0 Å². The Balaban J connectivity index is 1.57. The number of carbonyl (C=O) groups is 1. The number of phenolic OH excluding ortho intramolecular Hbond substituents is 1. The first-order valence-corrected chi connectivity index (χ1v) is 9.19. The molecule has 0 bridgehead atoms. The van der Waals surface area contributed by atoms with E-state index < -0.39 is 0 Å². The zero-order valence-electron chi connectivity index (χ0n) is 14.9. The third-order valence-electron chi connectivity index (χ3n) is 5.25. The summed E-state index contributed by atoms with van der Waals surface area (Å²) in [6.45, 7) is 0.